The maximum absolute atomic E-state index is 5.16. The Morgan fingerprint density at radius 1 is 0.941 bits per heavy atom. The second-order valence-corrected chi connectivity index (χ2v) is 5.98. The first-order valence-electron chi connectivity index (χ1n) is 5.60. The molecule has 0 N–H and O–H groups in total. The molecule has 1 nitrogen and oxygen atoms in total. The van der Waals surface area contributed by atoms with Crippen molar-refractivity contribution in [1.82, 2.24) is 0 Å². The monoisotopic (exact) mass is 245 g/mol. The second-order valence-electron chi connectivity index (χ2n) is 3.94. The Balaban J connectivity index is 2.05. The van der Waals surface area contributed by atoms with Crippen molar-refractivity contribution in [3.05, 3.63) is 60.2 Å². The third-order valence-corrected chi connectivity index (χ3v) is 4.53. The van der Waals surface area contributed by atoms with Gasteiger partial charge in [-0.3, -0.25) is 0 Å². The highest BCUT2D eigenvalue weighted by Gasteiger charge is 2.15. The molecule has 0 amide bonds. The maximum atomic E-state index is 5.16. The first-order valence-corrected chi connectivity index (χ1v) is 7.40. The fourth-order valence-electron chi connectivity index (χ4n) is 1.71. The van der Waals surface area contributed by atoms with Gasteiger partial charge in [-0.2, -0.15) is 0 Å². The quantitative estimate of drug-likeness (QED) is 0.749. The van der Waals surface area contributed by atoms with E-state index in [4.69, 9.17) is 4.74 Å². The van der Waals surface area contributed by atoms with E-state index in [1.165, 1.54) is 10.5 Å². The number of ether oxygens (including phenoxy) is 1. The molecule has 0 heterocycles. The maximum Gasteiger partial charge on any atom is 0.154 e. The summed E-state index contributed by atoms with van der Waals surface area (Å²) in [5.74, 6) is 2.01. The highest BCUT2D eigenvalue weighted by Crippen LogP contribution is 2.18. The Morgan fingerprint density at radius 3 is 2.18 bits per heavy atom. The lowest BCUT2D eigenvalue weighted by atomic mass is 10.2. The van der Waals surface area contributed by atoms with Gasteiger partial charge in [0, 0.05) is 16.5 Å². The molecule has 2 aromatic carbocycles. The summed E-state index contributed by atoms with van der Waals surface area (Å²) in [4.78, 5) is 1.42. The Labute approximate surface area is 106 Å². The molecule has 17 heavy (non-hydrogen) atoms. The summed E-state index contributed by atoms with van der Waals surface area (Å²) in [6, 6.07) is 19.0. The van der Waals surface area contributed by atoms with E-state index in [0.29, 0.717) is 0 Å². The predicted molar refractivity (Wildman–Crippen MR) is 74.7 cm³/mol. The van der Waals surface area contributed by atoms with Crippen LogP contribution in [0.5, 0.6) is 5.75 Å². The fraction of sp³-hybridized carbons (Fsp3) is 0.200. The zero-order valence-electron chi connectivity index (χ0n) is 10.2. The van der Waals surface area contributed by atoms with Crippen molar-refractivity contribution in [2.75, 3.05) is 13.4 Å². The summed E-state index contributed by atoms with van der Waals surface area (Å²) >= 11 is 0. The lowest BCUT2D eigenvalue weighted by molar-refractivity contribution is 0.414. The SMILES string of the molecule is COc1ccc(C[S+](C)c2ccccc2)cc1. The van der Waals surface area contributed by atoms with Crippen molar-refractivity contribution >= 4 is 10.9 Å². The molecule has 0 aliphatic rings. The molecule has 0 fully saturated rings. The molecule has 88 valence electrons. The molecule has 2 rings (SSSR count). The normalized spacial score (nSPS) is 12.1. The first-order chi connectivity index (χ1) is 8.29. The molecule has 2 heteroatoms. The second kappa shape index (κ2) is 5.78. The van der Waals surface area contributed by atoms with E-state index >= 15 is 0 Å². The third kappa shape index (κ3) is 3.27. The van der Waals surface area contributed by atoms with Gasteiger partial charge in [-0.1, -0.05) is 30.3 Å². The van der Waals surface area contributed by atoms with Gasteiger partial charge >= 0.3 is 0 Å². The Hall–Kier alpha value is -1.41. The van der Waals surface area contributed by atoms with Crippen molar-refractivity contribution in [2.45, 2.75) is 10.6 Å². The van der Waals surface area contributed by atoms with Crippen molar-refractivity contribution < 1.29 is 4.74 Å². The lowest BCUT2D eigenvalue weighted by Gasteiger charge is -2.04. The molecular formula is C15H17OS+. The molecular weight excluding hydrogens is 228 g/mol. The summed E-state index contributed by atoms with van der Waals surface area (Å²) < 4.78 is 5.16. The van der Waals surface area contributed by atoms with Crippen LogP contribution in [0.3, 0.4) is 0 Å². The van der Waals surface area contributed by atoms with Gasteiger partial charge in [-0.15, -0.1) is 0 Å². The Morgan fingerprint density at radius 2 is 1.59 bits per heavy atom. The van der Waals surface area contributed by atoms with Crippen LogP contribution < -0.4 is 4.74 Å². The zero-order chi connectivity index (χ0) is 12.1. The van der Waals surface area contributed by atoms with Crippen LogP contribution in [0.4, 0.5) is 0 Å². The van der Waals surface area contributed by atoms with Crippen LogP contribution in [0.15, 0.2) is 59.5 Å². The molecule has 2 aromatic rings. The molecule has 1 atom stereocenters. The van der Waals surface area contributed by atoms with Gasteiger partial charge in [-0.25, -0.2) is 0 Å². The van der Waals surface area contributed by atoms with Crippen molar-refractivity contribution in [2.24, 2.45) is 0 Å². The first kappa shape index (κ1) is 12.1. The molecule has 0 aliphatic carbocycles. The van der Waals surface area contributed by atoms with Crippen molar-refractivity contribution in [1.29, 1.82) is 0 Å². The largest absolute Gasteiger partial charge is 0.497 e. The van der Waals surface area contributed by atoms with Crippen LogP contribution in [0.1, 0.15) is 5.56 Å². The summed E-state index contributed by atoms with van der Waals surface area (Å²) in [6.07, 6.45) is 2.29. The Kier molecular flexibility index (Phi) is 4.10. The number of hydrogen-bond acceptors (Lipinski definition) is 1. The average Bonchev–Trinajstić information content (AvgIpc) is 2.40. The third-order valence-electron chi connectivity index (χ3n) is 2.69. The molecule has 1 unspecified atom stereocenters. The van der Waals surface area contributed by atoms with E-state index in [9.17, 15) is 0 Å². The zero-order valence-corrected chi connectivity index (χ0v) is 11.0. The highest BCUT2D eigenvalue weighted by atomic mass is 32.2. The topological polar surface area (TPSA) is 9.23 Å². The molecule has 0 bridgehead atoms. The van der Waals surface area contributed by atoms with Gasteiger partial charge in [0.05, 0.1) is 7.11 Å². The molecule has 0 radical (unpaired) electrons. The van der Waals surface area contributed by atoms with Crippen LogP contribution in [0, 0.1) is 0 Å². The van der Waals surface area contributed by atoms with Crippen LogP contribution in [0.25, 0.3) is 0 Å². The van der Waals surface area contributed by atoms with E-state index in [1.807, 2.05) is 12.1 Å². The standard InChI is InChI=1S/C15H17OS/c1-16-14-10-8-13(9-11-14)12-17(2)15-6-4-3-5-7-15/h3-11H,12H2,1-2H3/q+1. The number of benzene rings is 2. The molecule has 0 aliphatic heterocycles. The Bertz CT molecular complexity index is 450. The van der Waals surface area contributed by atoms with Crippen molar-refractivity contribution in [3.63, 3.8) is 0 Å². The van der Waals surface area contributed by atoms with Crippen LogP contribution in [0.2, 0.25) is 0 Å². The van der Waals surface area contributed by atoms with Gasteiger partial charge in [0.25, 0.3) is 0 Å². The van der Waals surface area contributed by atoms with E-state index in [0.717, 1.165) is 11.5 Å². The highest BCUT2D eigenvalue weighted by molar-refractivity contribution is 7.95. The number of methoxy groups -OCH3 is 1. The average molecular weight is 245 g/mol. The smallest absolute Gasteiger partial charge is 0.154 e. The fourth-order valence-corrected chi connectivity index (χ4v) is 3.19. The predicted octanol–water partition coefficient (Wildman–Crippen LogP) is 3.50. The van der Waals surface area contributed by atoms with Crippen molar-refractivity contribution in [3.8, 4) is 5.75 Å². The minimum Gasteiger partial charge on any atom is -0.497 e. The molecule has 0 aromatic heterocycles. The summed E-state index contributed by atoms with van der Waals surface area (Å²) in [7, 11) is 1.96. The number of rotatable bonds is 4. The van der Waals surface area contributed by atoms with Gasteiger partial charge in [-0.05, 0) is 24.3 Å². The van der Waals surface area contributed by atoms with Crippen LogP contribution in [-0.2, 0) is 16.6 Å². The van der Waals surface area contributed by atoms with E-state index in [1.54, 1.807) is 7.11 Å². The van der Waals surface area contributed by atoms with Crippen LogP contribution in [-0.4, -0.2) is 13.4 Å². The van der Waals surface area contributed by atoms with Crippen LogP contribution >= 0.6 is 0 Å². The molecule has 0 saturated carbocycles. The minimum absolute atomic E-state index is 0.266. The molecule has 0 saturated heterocycles. The number of hydrogen-bond donors (Lipinski definition) is 0. The molecule has 0 spiro atoms. The summed E-state index contributed by atoms with van der Waals surface area (Å²) in [5, 5.41) is 0. The van der Waals surface area contributed by atoms with Gasteiger partial charge < -0.3 is 4.74 Å². The lowest BCUT2D eigenvalue weighted by Crippen LogP contribution is -2.03. The van der Waals surface area contributed by atoms with Gasteiger partial charge in [0.2, 0.25) is 0 Å². The van der Waals surface area contributed by atoms with E-state index in [-0.39, 0.29) is 10.9 Å². The van der Waals surface area contributed by atoms with E-state index < -0.39 is 0 Å². The summed E-state index contributed by atoms with van der Waals surface area (Å²) in [5.41, 5.74) is 1.36. The van der Waals surface area contributed by atoms with Gasteiger partial charge in [0.1, 0.15) is 17.8 Å². The minimum atomic E-state index is 0.266. The van der Waals surface area contributed by atoms with Gasteiger partial charge in [0.15, 0.2) is 4.90 Å². The van der Waals surface area contributed by atoms with E-state index in [2.05, 4.69) is 48.7 Å². The summed E-state index contributed by atoms with van der Waals surface area (Å²) in [6.45, 7) is 0.